The fourth-order valence-corrected chi connectivity index (χ4v) is 4.60. The molecule has 14 heteroatoms. The SMILES string of the molecule is Cc1c(Cl)cccc1-c1c(C#N)c(O)c(OS(N)(=O)=O)c(-c2cccc(Cl)c2C)c1OS(N)(=O)=O. The topological polar surface area (TPSA) is 183 Å². The maximum atomic E-state index is 12.1. The summed E-state index contributed by atoms with van der Waals surface area (Å²) in [6.07, 6.45) is 0. The van der Waals surface area contributed by atoms with Gasteiger partial charge in [-0.1, -0.05) is 47.5 Å². The molecule has 5 N–H and O–H groups in total. The Balaban J connectivity index is 2.71. The summed E-state index contributed by atoms with van der Waals surface area (Å²) in [6, 6.07) is 10.7. The van der Waals surface area contributed by atoms with Gasteiger partial charge >= 0.3 is 20.6 Å². The van der Waals surface area contributed by atoms with Gasteiger partial charge in [0, 0.05) is 15.6 Å². The lowest BCUT2D eigenvalue weighted by Crippen LogP contribution is -2.22. The molecule has 3 aromatic rings. The van der Waals surface area contributed by atoms with Crippen LogP contribution in [-0.2, 0) is 20.6 Å². The van der Waals surface area contributed by atoms with E-state index in [-0.39, 0.29) is 32.3 Å². The molecule has 0 heterocycles. The third-order valence-electron chi connectivity index (χ3n) is 4.97. The molecule has 10 nitrogen and oxygen atoms in total. The number of hydrogen-bond acceptors (Lipinski definition) is 8. The highest BCUT2D eigenvalue weighted by molar-refractivity contribution is 7.85. The molecule has 184 valence electrons. The summed E-state index contributed by atoms with van der Waals surface area (Å²) in [5.41, 5.74) is -0.226. The van der Waals surface area contributed by atoms with Crippen molar-refractivity contribution in [2.75, 3.05) is 0 Å². The molecule has 0 bridgehead atoms. The third-order valence-corrected chi connectivity index (χ3v) is 6.58. The van der Waals surface area contributed by atoms with E-state index in [2.05, 4.69) is 0 Å². The number of hydrogen-bond donors (Lipinski definition) is 3. The molecule has 0 fully saturated rings. The summed E-state index contributed by atoms with van der Waals surface area (Å²) in [5, 5.41) is 31.6. The van der Waals surface area contributed by atoms with E-state index in [1.807, 2.05) is 0 Å². The summed E-state index contributed by atoms with van der Waals surface area (Å²) in [5.74, 6) is -2.43. The minimum absolute atomic E-state index is 0.0931. The van der Waals surface area contributed by atoms with E-state index >= 15 is 0 Å². The number of phenols is 1. The first-order valence-corrected chi connectivity index (χ1v) is 13.1. The normalized spacial score (nSPS) is 11.7. The monoisotopic (exact) mass is 557 g/mol. The summed E-state index contributed by atoms with van der Waals surface area (Å²) >= 11 is 12.5. The molecular formula is C21H17Cl2N3O7S2. The minimum Gasteiger partial charge on any atom is -0.503 e. The van der Waals surface area contributed by atoms with Gasteiger partial charge < -0.3 is 13.5 Å². The molecule has 0 atom stereocenters. The van der Waals surface area contributed by atoms with E-state index in [9.17, 15) is 27.2 Å². The van der Waals surface area contributed by atoms with Crippen LogP contribution in [0.3, 0.4) is 0 Å². The van der Waals surface area contributed by atoms with Crippen LogP contribution >= 0.6 is 23.2 Å². The van der Waals surface area contributed by atoms with Crippen molar-refractivity contribution in [2.45, 2.75) is 13.8 Å². The van der Waals surface area contributed by atoms with E-state index in [4.69, 9.17) is 41.8 Å². The largest absolute Gasteiger partial charge is 0.503 e. The second-order valence-corrected chi connectivity index (χ2v) is 10.3. The molecule has 0 saturated carbocycles. The van der Waals surface area contributed by atoms with Crippen LogP contribution in [0.5, 0.6) is 17.2 Å². The van der Waals surface area contributed by atoms with Crippen molar-refractivity contribution in [1.29, 1.82) is 5.26 Å². The molecular weight excluding hydrogens is 541 g/mol. The highest BCUT2D eigenvalue weighted by Crippen LogP contribution is 2.54. The van der Waals surface area contributed by atoms with Gasteiger partial charge in [0.05, 0.1) is 5.56 Å². The van der Waals surface area contributed by atoms with E-state index < -0.39 is 43.4 Å². The predicted octanol–water partition coefficient (Wildman–Crippen LogP) is 3.69. The molecule has 3 aromatic carbocycles. The van der Waals surface area contributed by atoms with E-state index in [1.54, 1.807) is 26.0 Å². The maximum Gasteiger partial charge on any atom is 0.380 e. The van der Waals surface area contributed by atoms with Crippen molar-refractivity contribution in [3.05, 3.63) is 63.1 Å². The average Bonchev–Trinajstić information content (AvgIpc) is 2.73. The lowest BCUT2D eigenvalue weighted by molar-refractivity contribution is 0.426. The zero-order valence-electron chi connectivity index (χ0n) is 18.0. The highest BCUT2D eigenvalue weighted by atomic mass is 35.5. The van der Waals surface area contributed by atoms with Crippen molar-refractivity contribution in [2.24, 2.45) is 10.3 Å². The Morgan fingerprint density at radius 2 is 1.26 bits per heavy atom. The third kappa shape index (κ3) is 5.46. The number of nitriles is 1. The first-order valence-electron chi connectivity index (χ1n) is 9.44. The smallest absolute Gasteiger partial charge is 0.380 e. The number of benzene rings is 3. The summed E-state index contributed by atoms with van der Waals surface area (Å²) in [6.45, 7) is 3.12. The van der Waals surface area contributed by atoms with Gasteiger partial charge in [-0.15, -0.1) is 0 Å². The molecule has 0 unspecified atom stereocenters. The van der Waals surface area contributed by atoms with Crippen LogP contribution in [0, 0.1) is 25.2 Å². The first-order chi connectivity index (χ1) is 16.2. The number of aromatic hydroxyl groups is 1. The minimum atomic E-state index is -4.79. The molecule has 0 aliphatic carbocycles. The zero-order chi connectivity index (χ0) is 26.3. The summed E-state index contributed by atoms with van der Waals surface area (Å²) < 4.78 is 57.9. The zero-order valence-corrected chi connectivity index (χ0v) is 21.2. The Morgan fingerprint density at radius 3 is 1.69 bits per heavy atom. The summed E-state index contributed by atoms with van der Waals surface area (Å²) in [4.78, 5) is 0. The standard InChI is InChI=1S/C21H17Cl2N3O7S2/c1-10-12(5-3-7-15(10)22)17-14(9-24)19(27)21(33-35(26,30)31)18(20(17)32-34(25,28)29)13-6-4-8-16(23)11(13)2/h3-8,27H,1-2H3,(H2,25,28,29)(H2,26,30,31). The fourth-order valence-electron chi connectivity index (χ4n) is 3.46. The molecule has 0 saturated heterocycles. The van der Waals surface area contributed by atoms with E-state index in [0.29, 0.717) is 11.1 Å². The fraction of sp³-hybridized carbons (Fsp3) is 0.0952. The van der Waals surface area contributed by atoms with Gasteiger partial charge in [-0.25, -0.2) is 0 Å². The van der Waals surface area contributed by atoms with Gasteiger partial charge in [-0.3, -0.25) is 0 Å². The number of halogens is 2. The van der Waals surface area contributed by atoms with Crippen LogP contribution in [0.2, 0.25) is 10.0 Å². The maximum absolute atomic E-state index is 12.1. The Hall–Kier alpha value is -3.05. The molecule has 0 aromatic heterocycles. The molecule has 0 aliphatic rings. The van der Waals surface area contributed by atoms with Gasteiger partial charge in [-0.05, 0) is 48.2 Å². The number of rotatable bonds is 6. The molecule has 0 radical (unpaired) electrons. The summed E-state index contributed by atoms with van der Waals surface area (Å²) in [7, 11) is -9.57. The van der Waals surface area contributed by atoms with Crippen LogP contribution < -0.4 is 18.6 Å². The number of nitrogens with zero attached hydrogens (tertiary/aromatic N) is 1. The first kappa shape index (κ1) is 26.6. The lowest BCUT2D eigenvalue weighted by Gasteiger charge is -2.22. The van der Waals surface area contributed by atoms with Gasteiger partial charge in [0.15, 0.2) is 17.2 Å². The van der Waals surface area contributed by atoms with Gasteiger partial charge in [0.25, 0.3) is 0 Å². The van der Waals surface area contributed by atoms with Crippen LogP contribution in [0.1, 0.15) is 16.7 Å². The Morgan fingerprint density at radius 1 is 0.829 bits per heavy atom. The van der Waals surface area contributed by atoms with Gasteiger partial charge in [-0.2, -0.15) is 32.4 Å². The van der Waals surface area contributed by atoms with Crippen molar-refractivity contribution in [3.8, 4) is 45.6 Å². The van der Waals surface area contributed by atoms with Gasteiger partial charge in [0.1, 0.15) is 11.6 Å². The molecule has 35 heavy (non-hydrogen) atoms. The number of nitrogens with two attached hydrogens (primary N) is 2. The Bertz CT molecular complexity index is 1620. The van der Waals surface area contributed by atoms with Gasteiger partial charge in [0.2, 0.25) is 0 Å². The predicted molar refractivity (Wildman–Crippen MR) is 131 cm³/mol. The van der Waals surface area contributed by atoms with Crippen molar-refractivity contribution in [3.63, 3.8) is 0 Å². The van der Waals surface area contributed by atoms with Crippen LogP contribution in [-0.4, -0.2) is 21.9 Å². The molecule has 0 amide bonds. The van der Waals surface area contributed by atoms with Crippen molar-refractivity contribution in [1.82, 2.24) is 0 Å². The Kier molecular flexibility index (Phi) is 7.24. The van der Waals surface area contributed by atoms with Crippen LogP contribution in [0.4, 0.5) is 0 Å². The second kappa shape index (κ2) is 9.54. The molecule has 0 spiro atoms. The number of phenolic OH excluding ortho intramolecular Hbond substituents is 1. The lowest BCUT2D eigenvalue weighted by atomic mass is 9.88. The molecule has 0 aliphatic heterocycles. The van der Waals surface area contributed by atoms with Crippen molar-refractivity contribution < 1.29 is 30.3 Å². The quantitative estimate of drug-likeness (QED) is 0.409. The van der Waals surface area contributed by atoms with Crippen LogP contribution in [0.15, 0.2) is 36.4 Å². The second-order valence-electron chi connectivity index (χ2n) is 7.22. The Labute approximate surface area is 211 Å². The van der Waals surface area contributed by atoms with E-state index in [0.717, 1.165) is 0 Å². The van der Waals surface area contributed by atoms with Crippen molar-refractivity contribution >= 4 is 43.8 Å². The van der Waals surface area contributed by atoms with Crippen LogP contribution in [0.25, 0.3) is 22.3 Å². The molecule has 3 rings (SSSR count). The highest BCUT2D eigenvalue weighted by Gasteiger charge is 2.33. The van der Waals surface area contributed by atoms with E-state index in [1.165, 1.54) is 30.3 Å². The average molecular weight is 558 g/mol.